The van der Waals surface area contributed by atoms with Crippen LogP contribution in [0.3, 0.4) is 0 Å². The van der Waals surface area contributed by atoms with Crippen LogP contribution in [0.4, 0.5) is 0 Å². The zero-order valence-electron chi connectivity index (χ0n) is 58.8. The minimum absolute atomic E-state index is 0.0166. The Kier molecular flexibility index (Phi) is 42.9. The second-order valence-electron chi connectivity index (χ2n) is 24.5. The number of hydrogen-bond acceptors (Lipinski definition) is 21. The molecule has 2 rings (SSSR count). The van der Waals surface area contributed by atoms with Gasteiger partial charge in [0.15, 0.2) is 11.9 Å². The van der Waals surface area contributed by atoms with Gasteiger partial charge in [-0.05, 0) is 135 Å². The summed E-state index contributed by atoms with van der Waals surface area (Å²) in [5.74, 6) is -14.3. The number of guanidine groups is 2. The molecule has 578 valence electrons. The average Bonchev–Trinajstić information content (AvgIpc) is 0.872. The third-order valence-electron chi connectivity index (χ3n) is 15.6. The fourth-order valence-corrected chi connectivity index (χ4v) is 9.98. The number of amides is 13. The van der Waals surface area contributed by atoms with E-state index in [2.05, 4.69) is 73.8 Å². The molecule has 0 aromatic heterocycles. The van der Waals surface area contributed by atoms with Crippen LogP contribution >= 0.6 is 0 Å². The normalized spacial score (nSPS) is 14.0. The number of aliphatic imine (C=N–C) groups is 2. The summed E-state index contributed by atoms with van der Waals surface area (Å²) in [5.41, 5.74) is 52.0. The molecule has 0 aliphatic rings. The van der Waals surface area contributed by atoms with Gasteiger partial charge in [-0.3, -0.25) is 77.1 Å². The van der Waals surface area contributed by atoms with Gasteiger partial charge < -0.3 is 126 Å². The van der Waals surface area contributed by atoms with Crippen molar-refractivity contribution in [3.8, 4) is 0 Å². The van der Waals surface area contributed by atoms with Crippen molar-refractivity contribution in [3.63, 3.8) is 0 Å². The van der Waals surface area contributed by atoms with E-state index in [1.54, 1.807) is 60.7 Å². The molecule has 0 radical (unpaired) electrons. The van der Waals surface area contributed by atoms with Gasteiger partial charge in [0.2, 0.25) is 76.8 Å². The Morgan fingerprint density at radius 2 is 0.760 bits per heavy atom. The van der Waals surface area contributed by atoms with E-state index >= 15 is 0 Å². The van der Waals surface area contributed by atoms with Gasteiger partial charge in [0.1, 0.15) is 54.4 Å². The van der Waals surface area contributed by atoms with Crippen LogP contribution in [0.2, 0.25) is 0 Å². The number of rotatable bonds is 52. The zero-order chi connectivity index (χ0) is 77.7. The number of nitrogens with one attached hydrogen (secondary N) is 12. The maximum atomic E-state index is 14.4. The molecule has 0 spiro atoms. The molecule has 0 saturated heterocycles. The summed E-state index contributed by atoms with van der Waals surface area (Å²) >= 11 is 0. The van der Waals surface area contributed by atoms with E-state index < -0.39 is 175 Å². The summed E-state index contributed by atoms with van der Waals surface area (Å²) < 4.78 is 0. The lowest BCUT2D eigenvalue weighted by Gasteiger charge is -2.27. The number of carboxylic acid groups (broad SMARTS) is 1. The minimum atomic E-state index is -1.96. The topological polar surface area (TPSA) is 683 Å². The first kappa shape index (κ1) is 89.4. The molecular formula is C65H107N23O16. The van der Waals surface area contributed by atoms with Crippen molar-refractivity contribution in [2.75, 3.05) is 52.4 Å². The number of carbonyl (C=O) groups excluding carboxylic acids is 13. The molecule has 11 unspecified atom stereocenters. The number of carbonyl (C=O) groups is 14. The van der Waals surface area contributed by atoms with Crippen molar-refractivity contribution in [1.82, 2.24) is 63.8 Å². The van der Waals surface area contributed by atoms with Gasteiger partial charge in [-0.15, -0.1) is 0 Å². The number of nitrogens with two attached hydrogens (primary N) is 9. The molecule has 2 aromatic carbocycles. The predicted octanol–water partition coefficient (Wildman–Crippen LogP) is -8.63. The van der Waals surface area contributed by atoms with E-state index in [0.717, 1.165) is 12.5 Å². The van der Waals surface area contributed by atoms with Gasteiger partial charge in [-0.25, -0.2) is 0 Å². The number of benzene rings is 2. The van der Waals surface area contributed by atoms with Gasteiger partial charge in [0.05, 0.1) is 38.2 Å². The van der Waals surface area contributed by atoms with E-state index in [9.17, 15) is 77.3 Å². The molecule has 39 heteroatoms. The maximum Gasteiger partial charge on any atom is 0.305 e. The molecule has 0 fully saturated rings. The van der Waals surface area contributed by atoms with Crippen LogP contribution < -0.4 is 115 Å². The van der Waals surface area contributed by atoms with Gasteiger partial charge >= 0.3 is 5.97 Å². The Morgan fingerprint density at radius 3 is 1.19 bits per heavy atom. The Bertz CT molecular complexity index is 3180. The summed E-state index contributed by atoms with van der Waals surface area (Å²) in [4.78, 5) is 196. The minimum Gasteiger partial charge on any atom is -0.481 e. The van der Waals surface area contributed by atoms with Crippen LogP contribution in [0.5, 0.6) is 0 Å². The maximum absolute atomic E-state index is 14.4. The van der Waals surface area contributed by atoms with Gasteiger partial charge in [-0.2, -0.15) is 0 Å². The Morgan fingerprint density at radius 1 is 0.394 bits per heavy atom. The molecule has 0 heterocycles. The van der Waals surface area contributed by atoms with Crippen molar-refractivity contribution < 1.29 is 77.3 Å². The summed E-state index contributed by atoms with van der Waals surface area (Å²) in [6.45, 7) is 0.876. The highest BCUT2D eigenvalue weighted by atomic mass is 16.4. The monoisotopic (exact) mass is 1470 g/mol. The molecular weight excluding hydrogens is 1360 g/mol. The fourth-order valence-electron chi connectivity index (χ4n) is 9.98. The van der Waals surface area contributed by atoms with Crippen molar-refractivity contribution in [2.45, 2.75) is 183 Å². The van der Waals surface area contributed by atoms with E-state index in [1.807, 2.05) is 0 Å². The Balaban J connectivity index is 2.33. The van der Waals surface area contributed by atoms with Crippen molar-refractivity contribution in [1.29, 1.82) is 0 Å². The summed E-state index contributed by atoms with van der Waals surface area (Å²) in [5, 5.41) is 49.8. The number of unbranched alkanes of at least 4 members (excludes halogenated alkanes) is 3. The number of hydrogen-bond donors (Lipinski definition) is 23. The molecule has 32 N–H and O–H groups in total. The fraction of sp³-hybridized carbons (Fsp3) is 0.569. The quantitative estimate of drug-likeness (QED) is 0.0166. The second-order valence-corrected chi connectivity index (χ2v) is 24.5. The van der Waals surface area contributed by atoms with Crippen molar-refractivity contribution in [3.05, 3.63) is 71.8 Å². The first-order chi connectivity index (χ1) is 49.4. The molecule has 39 nitrogen and oxygen atoms in total. The van der Waals surface area contributed by atoms with Crippen molar-refractivity contribution >= 4 is 94.7 Å². The lowest BCUT2D eigenvalue weighted by Crippen LogP contribution is -2.60. The van der Waals surface area contributed by atoms with Crippen molar-refractivity contribution in [2.24, 2.45) is 61.6 Å². The van der Waals surface area contributed by atoms with Crippen LogP contribution in [0.1, 0.15) is 115 Å². The first-order valence-electron chi connectivity index (χ1n) is 34.2. The van der Waals surface area contributed by atoms with Gasteiger partial charge in [-0.1, -0.05) is 60.7 Å². The Hall–Kier alpha value is -10.6. The molecule has 11 atom stereocenters. The Labute approximate surface area is 602 Å². The molecule has 2 aromatic rings. The number of primary amides is 1. The molecule has 0 bridgehead atoms. The summed E-state index contributed by atoms with van der Waals surface area (Å²) in [7, 11) is 0. The number of nitrogens with zero attached hydrogens (tertiary/aromatic N) is 2. The highest BCUT2D eigenvalue weighted by molar-refractivity contribution is 5.99. The largest absolute Gasteiger partial charge is 0.481 e. The van der Waals surface area contributed by atoms with Crippen LogP contribution in [0, 0.1) is 0 Å². The summed E-state index contributed by atoms with van der Waals surface area (Å²) in [6, 6.07) is 2.78. The zero-order valence-corrected chi connectivity index (χ0v) is 58.8. The molecule has 0 saturated carbocycles. The smallest absolute Gasteiger partial charge is 0.305 e. The number of carboxylic acids is 1. The second kappa shape index (κ2) is 49.8. The lowest BCUT2D eigenvalue weighted by molar-refractivity contribution is -0.141. The van der Waals surface area contributed by atoms with Gasteiger partial charge in [0, 0.05) is 19.5 Å². The van der Waals surface area contributed by atoms with E-state index in [1.165, 1.54) is 6.92 Å². The van der Waals surface area contributed by atoms with Crippen LogP contribution in [-0.4, -0.2) is 224 Å². The molecule has 0 aliphatic carbocycles. The van der Waals surface area contributed by atoms with E-state index in [0.29, 0.717) is 37.8 Å². The van der Waals surface area contributed by atoms with Gasteiger partial charge in [0.25, 0.3) is 0 Å². The van der Waals surface area contributed by atoms with Crippen LogP contribution in [-0.2, 0) is 80.0 Å². The SMILES string of the molecule is CC(NC(=O)C(CCCCN)NC(=O)C(CCCCN)NC(=O)C(CCCN=C(N)N)NC(=O)C(CC(=O)O)NC(=O)CNC(=O)C(NC(=O)C(Cc1ccccc1)NC(=O)CNC(=O)CNC(=O)C(N)Cc1ccccc1)C(C)O)C(=O)NC(CCCN=C(N)N)C(=O)NC(CCCCN)C(N)=O. The number of aliphatic hydroxyl groups excluding tert-OH is 1. The number of aliphatic hydroxyl groups is 1. The average molecular weight is 1470 g/mol. The summed E-state index contributed by atoms with van der Waals surface area (Å²) in [6.07, 6.45) is -0.616. The molecule has 104 heavy (non-hydrogen) atoms. The third kappa shape index (κ3) is 37.3. The third-order valence-corrected chi connectivity index (χ3v) is 15.6. The standard InChI is InChI=1S/C65H107N23O16/c1-37(55(96)84-45(24-15-29-75-64(71)72)58(99)83-42(54(70)95)21-9-12-26-66)80-57(98)43(22-10-13-27-67)85-59(100)44(23-11-14-28-68)86-60(101)46(25-16-30-76-65(73)74)87-61(102)48(33-52(93)94)82-51(92)36-79-63(104)53(38(2)89)88-62(103)47(32-40-19-7-4-8-20-40)81-50(91)35-77-49(90)34-78-56(97)41(69)31-39-17-5-3-6-18-39/h3-8,17-20,37-38,41-48,53,89H,9-16,21-36,66-69H2,1-2H3,(H2,70,95)(H,77,90)(H,78,97)(H,79,104)(H,80,98)(H,81,91)(H,82,92)(H,83,99)(H,84,96)(H,85,100)(H,86,101)(H,87,102)(H,88,103)(H,93,94)(H4,71,72,75)(H4,73,74,76). The predicted molar refractivity (Wildman–Crippen MR) is 382 cm³/mol. The highest BCUT2D eigenvalue weighted by Crippen LogP contribution is 2.12. The van der Waals surface area contributed by atoms with E-state index in [-0.39, 0.29) is 109 Å². The van der Waals surface area contributed by atoms with Crippen LogP contribution in [0.25, 0.3) is 0 Å². The van der Waals surface area contributed by atoms with Crippen LogP contribution in [0.15, 0.2) is 70.6 Å². The highest BCUT2D eigenvalue weighted by Gasteiger charge is 2.35. The molecule has 13 amide bonds. The van der Waals surface area contributed by atoms with E-state index in [4.69, 9.17) is 51.6 Å². The number of aliphatic carboxylic acids is 1. The lowest BCUT2D eigenvalue weighted by atomic mass is 10.0. The molecule has 0 aliphatic heterocycles. The first-order valence-corrected chi connectivity index (χ1v) is 34.2.